The van der Waals surface area contributed by atoms with Crippen LogP contribution in [0, 0.1) is 10.8 Å². The highest BCUT2D eigenvalue weighted by atomic mass is 16.4. The monoisotopic (exact) mass is 270 g/mol. The lowest BCUT2D eigenvalue weighted by molar-refractivity contribution is -0.147. The molecule has 1 amide bonds. The van der Waals surface area contributed by atoms with Crippen molar-refractivity contribution in [1.29, 1.82) is 0 Å². The van der Waals surface area contributed by atoms with Gasteiger partial charge in [-0.1, -0.05) is 34.1 Å². The molecule has 1 rings (SSSR count). The molecule has 5 nitrogen and oxygen atoms in total. The predicted octanol–water partition coefficient (Wildman–Crippen LogP) is 1.38. The number of rotatable bonds is 5. The first-order valence-corrected chi connectivity index (χ1v) is 6.97. The average molecular weight is 270 g/mol. The smallest absolute Gasteiger partial charge is 0.326 e. The quantitative estimate of drug-likeness (QED) is 0.705. The van der Waals surface area contributed by atoms with E-state index in [1.54, 1.807) is 0 Å². The number of carboxylic acid groups (broad SMARTS) is 1. The van der Waals surface area contributed by atoms with Gasteiger partial charge in [0.05, 0.1) is 5.41 Å². The van der Waals surface area contributed by atoms with Gasteiger partial charge in [0.15, 0.2) is 0 Å². The van der Waals surface area contributed by atoms with Gasteiger partial charge in [-0.2, -0.15) is 0 Å². The molecule has 1 fully saturated rings. The van der Waals surface area contributed by atoms with Crippen LogP contribution in [0.4, 0.5) is 0 Å². The summed E-state index contributed by atoms with van der Waals surface area (Å²) in [5, 5.41) is 15.2. The minimum Gasteiger partial charge on any atom is -0.480 e. The van der Waals surface area contributed by atoms with Crippen LogP contribution in [0.5, 0.6) is 0 Å². The van der Waals surface area contributed by atoms with Crippen molar-refractivity contribution in [1.82, 2.24) is 10.6 Å². The summed E-state index contributed by atoms with van der Waals surface area (Å²) in [5.74, 6) is -1.10. The van der Waals surface area contributed by atoms with E-state index in [1.807, 2.05) is 27.7 Å². The Morgan fingerprint density at radius 1 is 1.42 bits per heavy atom. The third-order valence-electron chi connectivity index (χ3n) is 3.84. The highest BCUT2D eigenvalue weighted by Gasteiger charge is 2.43. The number of hydrogen-bond acceptors (Lipinski definition) is 3. The molecule has 2 unspecified atom stereocenters. The fourth-order valence-corrected chi connectivity index (χ4v) is 2.68. The summed E-state index contributed by atoms with van der Waals surface area (Å²) in [7, 11) is 0. The molecule has 5 heteroatoms. The van der Waals surface area contributed by atoms with Crippen molar-refractivity contribution < 1.29 is 14.7 Å². The summed E-state index contributed by atoms with van der Waals surface area (Å²) in [6, 6.07) is -0.852. The van der Waals surface area contributed by atoms with Gasteiger partial charge in [0.25, 0.3) is 0 Å². The van der Waals surface area contributed by atoms with Crippen molar-refractivity contribution in [2.24, 2.45) is 10.8 Å². The predicted molar refractivity (Wildman–Crippen MR) is 73.8 cm³/mol. The molecule has 0 saturated carbocycles. The van der Waals surface area contributed by atoms with Crippen LogP contribution in [0.15, 0.2) is 0 Å². The zero-order chi connectivity index (χ0) is 14.7. The topological polar surface area (TPSA) is 78.4 Å². The van der Waals surface area contributed by atoms with Gasteiger partial charge in [-0.15, -0.1) is 0 Å². The van der Waals surface area contributed by atoms with Crippen LogP contribution in [-0.4, -0.2) is 36.1 Å². The first kappa shape index (κ1) is 16.0. The van der Waals surface area contributed by atoms with Gasteiger partial charge in [0.1, 0.15) is 6.04 Å². The average Bonchev–Trinajstić information content (AvgIpc) is 2.73. The molecule has 0 spiro atoms. The molecule has 0 aromatic rings. The lowest BCUT2D eigenvalue weighted by atomic mass is 9.80. The third kappa shape index (κ3) is 3.69. The number of carbonyl (C=O) groups is 2. The van der Waals surface area contributed by atoms with Crippen LogP contribution in [0.3, 0.4) is 0 Å². The van der Waals surface area contributed by atoms with E-state index in [2.05, 4.69) is 10.6 Å². The van der Waals surface area contributed by atoms with E-state index >= 15 is 0 Å². The minimum atomic E-state index is -0.974. The molecule has 1 aliphatic rings. The van der Waals surface area contributed by atoms with Gasteiger partial charge in [0.2, 0.25) is 5.91 Å². The van der Waals surface area contributed by atoms with E-state index in [0.29, 0.717) is 6.54 Å². The summed E-state index contributed by atoms with van der Waals surface area (Å²) in [6.45, 7) is 8.98. The highest BCUT2D eigenvalue weighted by molar-refractivity contribution is 5.88. The lowest BCUT2D eigenvalue weighted by Gasteiger charge is -2.33. The van der Waals surface area contributed by atoms with Crippen molar-refractivity contribution >= 4 is 11.9 Å². The van der Waals surface area contributed by atoms with Crippen LogP contribution >= 0.6 is 0 Å². The Kier molecular flexibility index (Phi) is 4.96. The SMILES string of the molecule is CCCC1(C(=O)NC(C(=O)O)C(C)(C)C)CCNC1. The first-order valence-electron chi connectivity index (χ1n) is 6.97. The molecule has 2 atom stereocenters. The summed E-state index contributed by atoms with van der Waals surface area (Å²) in [6.07, 6.45) is 2.49. The maximum atomic E-state index is 12.5. The van der Waals surface area contributed by atoms with Gasteiger partial charge >= 0.3 is 5.97 Å². The van der Waals surface area contributed by atoms with Gasteiger partial charge in [-0.3, -0.25) is 4.79 Å². The lowest BCUT2D eigenvalue weighted by Crippen LogP contribution is -2.54. The number of carbonyl (C=O) groups excluding carboxylic acids is 1. The van der Waals surface area contributed by atoms with Crippen LogP contribution in [0.2, 0.25) is 0 Å². The molecule has 1 saturated heterocycles. The molecule has 1 aliphatic heterocycles. The fourth-order valence-electron chi connectivity index (χ4n) is 2.68. The number of hydrogen-bond donors (Lipinski definition) is 3. The summed E-state index contributed by atoms with van der Waals surface area (Å²) in [5.41, 5.74) is -0.936. The minimum absolute atomic E-state index is 0.123. The maximum Gasteiger partial charge on any atom is 0.326 e. The zero-order valence-corrected chi connectivity index (χ0v) is 12.4. The van der Waals surface area contributed by atoms with Crippen LogP contribution in [0.25, 0.3) is 0 Å². The Hall–Kier alpha value is -1.10. The van der Waals surface area contributed by atoms with Crippen molar-refractivity contribution in [2.75, 3.05) is 13.1 Å². The van der Waals surface area contributed by atoms with Crippen LogP contribution < -0.4 is 10.6 Å². The Bertz CT molecular complexity index is 341. The van der Waals surface area contributed by atoms with Crippen LogP contribution in [0.1, 0.15) is 47.0 Å². The molecule has 3 N–H and O–H groups in total. The third-order valence-corrected chi connectivity index (χ3v) is 3.84. The Balaban J connectivity index is 2.83. The Labute approximate surface area is 115 Å². The van der Waals surface area contributed by atoms with Gasteiger partial charge < -0.3 is 15.7 Å². The van der Waals surface area contributed by atoms with E-state index in [4.69, 9.17) is 0 Å². The van der Waals surface area contributed by atoms with Gasteiger partial charge in [-0.25, -0.2) is 4.79 Å². The second-order valence-corrected chi connectivity index (χ2v) is 6.57. The highest BCUT2D eigenvalue weighted by Crippen LogP contribution is 2.32. The van der Waals surface area contributed by atoms with Gasteiger partial charge in [0, 0.05) is 6.54 Å². The summed E-state index contributed by atoms with van der Waals surface area (Å²) in [4.78, 5) is 23.8. The largest absolute Gasteiger partial charge is 0.480 e. The maximum absolute atomic E-state index is 12.5. The number of nitrogens with one attached hydrogen (secondary N) is 2. The van der Waals surface area contributed by atoms with E-state index in [9.17, 15) is 14.7 Å². The second-order valence-electron chi connectivity index (χ2n) is 6.57. The molecule has 0 aromatic heterocycles. The normalized spacial score (nSPS) is 25.1. The zero-order valence-electron chi connectivity index (χ0n) is 12.4. The van der Waals surface area contributed by atoms with E-state index < -0.39 is 22.8 Å². The first-order chi connectivity index (χ1) is 8.73. The van der Waals surface area contributed by atoms with Crippen molar-refractivity contribution in [3.63, 3.8) is 0 Å². The number of amides is 1. The Morgan fingerprint density at radius 3 is 2.42 bits per heavy atom. The Morgan fingerprint density at radius 2 is 2.05 bits per heavy atom. The molecule has 1 heterocycles. The molecule has 19 heavy (non-hydrogen) atoms. The van der Waals surface area contributed by atoms with Crippen LogP contribution in [-0.2, 0) is 9.59 Å². The molecule has 0 bridgehead atoms. The standard InChI is InChI=1S/C14H26N2O3/c1-5-6-14(7-8-15-9-14)12(19)16-10(11(17)18)13(2,3)4/h10,15H,5-9H2,1-4H3,(H,16,19)(H,17,18). The molecule has 110 valence electrons. The molecule has 0 radical (unpaired) electrons. The van der Waals surface area contributed by atoms with Crippen molar-refractivity contribution in [3.05, 3.63) is 0 Å². The van der Waals surface area contributed by atoms with Gasteiger partial charge in [-0.05, 0) is 24.8 Å². The van der Waals surface area contributed by atoms with Crippen molar-refractivity contribution in [2.45, 2.75) is 53.0 Å². The fraction of sp³-hybridized carbons (Fsp3) is 0.857. The molecular weight excluding hydrogens is 244 g/mol. The molecule has 0 aromatic carbocycles. The van der Waals surface area contributed by atoms with Crippen molar-refractivity contribution in [3.8, 4) is 0 Å². The second kappa shape index (κ2) is 5.90. The number of carboxylic acids is 1. The van der Waals surface area contributed by atoms with E-state index in [-0.39, 0.29) is 5.91 Å². The van der Waals surface area contributed by atoms with E-state index in [0.717, 1.165) is 25.8 Å². The summed E-state index contributed by atoms with van der Waals surface area (Å²) < 4.78 is 0. The molecule has 0 aliphatic carbocycles. The molecular formula is C14H26N2O3. The van der Waals surface area contributed by atoms with E-state index in [1.165, 1.54) is 0 Å². The summed E-state index contributed by atoms with van der Waals surface area (Å²) >= 11 is 0. The number of aliphatic carboxylic acids is 1.